The number of carbonyl (C=O) groups is 1. The highest BCUT2D eigenvalue weighted by Gasteiger charge is 2.09. The van der Waals surface area contributed by atoms with Gasteiger partial charge in [0.25, 0.3) is 0 Å². The Morgan fingerprint density at radius 2 is 2.05 bits per heavy atom. The van der Waals surface area contributed by atoms with Gasteiger partial charge >= 0.3 is 0 Å². The molecule has 19 heavy (non-hydrogen) atoms. The van der Waals surface area contributed by atoms with Crippen molar-refractivity contribution >= 4 is 11.6 Å². The van der Waals surface area contributed by atoms with E-state index in [4.69, 9.17) is 5.26 Å². The molecule has 0 spiro atoms. The molecular formula is C15H21N3O. The molecule has 0 aromatic heterocycles. The fraction of sp³-hybridized carbons (Fsp3) is 0.467. The third-order valence-electron chi connectivity index (χ3n) is 3.07. The first-order valence-electron chi connectivity index (χ1n) is 6.64. The number of anilines is 1. The summed E-state index contributed by atoms with van der Waals surface area (Å²) < 4.78 is 0. The van der Waals surface area contributed by atoms with E-state index in [1.165, 1.54) is 0 Å². The molecule has 0 saturated carbocycles. The maximum Gasteiger partial charge on any atom is 0.224 e. The van der Waals surface area contributed by atoms with Crippen LogP contribution >= 0.6 is 0 Å². The van der Waals surface area contributed by atoms with E-state index in [9.17, 15) is 4.79 Å². The Labute approximate surface area is 115 Å². The molecule has 4 heteroatoms. The van der Waals surface area contributed by atoms with E-state index in [-0.39, 0.29) is 5.91 Å². The van der Waals surface area contributed by atoms with Crippen molar-refractivity contribution in [2.45, 2.75) is 27.2 Å². The van der Waals surface area contributed by atoms with Crippen LogP contribution in [0.4, 0.5) is 5.69 Å². The summed E-state index contributed by atoms with van der Waals surface area (Å²) in [6.45, 7) is 7.96. The summed E-state index contributed by atoms with van der Waals surface area (Å²) in [6, 6.07) is 7.78. The number of nitriles is 1. The smallest absolute Gasteiger partial charge is 0.224 e. The van der Waals surface area contributed by atoms with Gasteiger partial charge in [-0.15, -0.1) is 0 Å². The molecule has 0 bridgehead atoms. The SMILES string of the molecule is CCN(CC)C(=O)CCNc1cc(C)ccc1C#N. The first-order chi connectivity index (χ1) is 9.12. The van der Waals surface area contributed by atoms with Gasteiger partial charge in [0.1, 0.15) is 6.07 Å². The zero-order valence-corrected chi connectivity index (χ0v) is 11.9. The monoisotopic (exact) mass is 259 g/mol. The average Bonchev–Trinajstić information content (AvgIpc) is 2.40. The standard InChI is InChI=1S/C15H21N3O/c1-4-18(5-2)15(19)8-9-17-14-10-12(3)6-7-13(14)11-16/h6-7,10,17H,4-5,8-9H2,1-3H3. The third kappa shape index (κ3) is 4.29. The van der Waals surface area contributed by atoms with Gasteiger partial charge in [0.05, 0.1) is 11.3 Å². The van der Waals surface area contributed by atoms with E-state index < -0.39 is 0 Å². The van der Waals surface area contributed by atoms with Crippen molar-refractivity contribution < 1.29 is 4.79 Å². The van der Waals surface area contributed by atoms with Crippen LogP contribution in [0.15, 0.2) is 18.2 Å². The average molecular weight is 259 g/mol. The first-order valence-corrected chi connectivity index (χ1v) is 6.64. The number of rotatable bonds is 6. The summed E-state index contributed by atoms with van der Waals surface area (Å²) >= 11 is 0. The van der Waals surface area contributed by atoms with Crippen LogP contribution in [0.2, 0.25) is 0 Å². The zero-order chi connectivity index (χ0) is 14.3. The second kappa shape index (κ2) is 7.42. The molecule has 0 unspecified atom stereocenters. The van der Waals surface area contributed by atoms with Crippen molar-refractivity contribution in [3.63, 3.8) is 0 Å². The highest BCUT2D eigenvalue weighted by atomic mass is 16.2. The van der Waals surface area contributed by atoms with Crippen molar-refractivity contribution in [2.75, 3.05) is 25.0 Å². The van der Waals surface area contributed by atoms with Gasteiger partial charge in [-0.3, -0.25) is 4.79 Å². The fourth-order valence-corrected chi connectivity index (χ4v) is 1.94. The lowest BCUT2D eigenvalue weighted by Crippen LogP contribution is -2.31. The van der Waals surface area contributed by atoms with E-state index in [0.717, 1.165) is 24.3 Å². The van der Waals surface area contributed by atoms with Crippen molar-refractivity contribution in [3.8, 4) is 6.07 Å². The Morgan fingerprint density at radius 1 is 1.37 bits per heavy atom. The maximum atomic E-state index is 11.8. The zero-order valence-electron chi connectivity index (χ0n) is 11.9. The third-order valence-corrected chi connectivity index (χ3v) is 3.07. The Morgan fingerprint density at radius 3 is 2.63 bits per heavy atom. The lowest BCUT2D eigenvalue weighted by molar-refractivity contribution is -0.130. The van der Waals surface area contributed by atoms with Gasteiger partial charge in [-0.1, -0.05) is 6.07 Å². The summed E-state index contributed by atoms with van der Waals surface area (Å²) in [5.41, 5.74) is 2.51. The van der Waals surface area contributed by atoms with E-state index in [1.807, 2.05) is 37.8 Å². The lowest BCUT2D eigenvalue weighted by Gasteiger charge is -2.18. The number of aryl methyl sites for hydroxylation is 1. The van der Waals surface area contributed by atoms with Crippen molar-refractivity contribution in [3.05, 3.63) is 29.3 Å². The van der Waals surface area contributed by atoms with Gasteiger partial charge in [-0.25, -0.2) is 0 Å². The lowest BCUT2D eigenvalue weighted by atomic mass is 10.1. The van der Waals surface area contributed by atoms with Gasteiger partial charge in [-0.05, 0) is 38.5 Å². The minimum atomic E-state index is 0.142. The highest BCUT2D eigenvalue weighted by molar-refractivity contribution is 5.76. The molecule has 1 N–H and O–H groups in total. The van der Waals surface area contributed by atoms with Crippen molar-refractivity contribution in [1.82, 2.24) is 4.90 Å². The van der Waals surface area contributed by atoms with E-state index in [0.29, 0.717) is 18.5 Å². The molecule has 102 valence electrons. The second-order valence-electron chi connectivity index (χ2n) is 4.40. The van der Waals surface area contributed by atoms with Gasteiger partial charge in [-0.2, -0.15) is 5.26 Å². The number of hydrogen-bond donors (Lipinski definition) is 1. The first kappa shape index (κ1) is 15.0. The molecule has 4 nitrogen and oxygen atoms in total. The maximum absolute atomic E-state index is 11.8. The van der Waals surface area contributed by atoms with Crippen LogP contribution in [0.25, 0.3) is 0 Å². The van der Waals surface area contributed by atoms with Crippen molar-refractivity contribution in [1.29, 1.82) is 5.26 Å². The van der Waals surface area contributed by atoms with Gasteiger partial charge < -0.3 is 10.2 Å². The minimum absolute atomic E-state index is 0.142. The van der Waals surface area contributed by atoms with Crippen LogP contribution in [0, 0.1) is 18.3 Å². The molecular weight excluding hydrogens is 238 g/mol. The summed E-state index contributed by atoms with van der Waals surface area (Å²) in [7, 11) is 0. The van der Waals surface area contributed by atoms with E-state index in [2.05, 4.69) is 11.4 Å². The molecule has 0 heterocycles. The van der Waals surface area contributed by atoms with Crippen LogP contribution in [0.1, 0.15) is 31.4 Å². The molecule has 0 aliphatic carbocycles. The molecule has 0 fully saturated rings. The van der Waals surface area contributed by atoms with Crippen LogP contribution in [0.5, 0.6) is 0 Å². The van der Waals surface area contributed by atoms with Crippen LogP contribution in [-0.2, 0) is 4.79 Å². The Bertz CT molecular complexity index is 473. The normalized spacial score (nSPS) is 9.79. The topological polar surface area (TPSA) is 56.1 Å². The van der Waals surface area contributed by atoms with E-state index in [1.54, 1.807) is 6.07 Å². The summed E-state index contributed by atoms with van der Waals surface area (Å²) in [4.78, 5) is 13.6. The summed E-state index contributed by atoms with van der Waals surface area (Å²) in [5, 5.41) is 12.2. The molecule has 0 aliphatic heterocycles. The van der Waals surface area contributed by atoms with Gasteiger partial charge in [0, 0.05) is 26.1 Å². The highest BCUT2D eigenvalue weighted by Crippen LogP contribution is 2.16. The molecule has 1 amide bonds. The number of nitrogens with zero attached hydrogens (tertiary/aromatic N) is 2. The van der Waals surface area contributed by atoms with E-state index >= 15 is 0 Å². The number of carbonyl (C=O) groups excluding carboxylic acids is 1. The predicted molar refractivity (Wildman–Crippen MR) is 76.9 cm³/mol. The summed E-state index contributed by atoms with van der Waals surface area (Å²) in [6.07, 6.45) is 0.445. The van der Waals surface area contributed by atoms with Gasteiger partial charge in [0.15, 0.2) is 0 Å². The minimum Gasteiger partial charge on any atom is -0.383 e. The number of hydrogen-bond acceptors (Lipinski definition) is 3. The Balaban J connectivity index is 2.56. The molecule has 0 atom stereocenters. The summed E-state index contributed by atoms with van der Waals surface area (Å²) in [5.74, 6) is 0.142. The number of benzene rings is 1. The molecule has 0 saturated heterocycles. The number of amides is 1. The quantitative estimate of drug-likeness (QED) is 0.854. The predicted octanol–water partition coefficient (Wildman–Crippen LogP) is 2.54. The molecule has 1 aromatic rings. The van der Waals surface area contributed by atoms with Gasteiger partial charge in [0.2, 0.25) is 5.91 Å². The second-order valence-corrected chi connectivity index (χ2v) is 4.40. The Kier molecular flexibility index (Phi) is 5.87. The van der Waals surface area contributed by atoms with Crippen LogP contribution in [0.3, 0.4) is 0 Å². The van der Waals surface area contributed by atoms with Crippen LogP contribution in [-0.4, -0.2) is 30.4 Å². The molecule has 0 radical (unpaired) electrons. The van der Waals surface area contributed by atoms with Crippen LogP contribution < -0.4 is 5.32 Å². The fourth-order valence-electron chi connectivity index (χ4n) is 1.94. The largest absolute Gasteiger partial charge is 0.383 e. The molecule has 1 rings (SSSR count). The number of nitrogens with one attached hydrogen (secondary N) is 1. The molecule has 1 aromatic carbocycles. The molecule has 0 aliphatic rings. The van der Waals surface area contributed by atoms with Crippen molar-refractivity contribution in [2.24, 2.45) is 0 Å². The Hall–Kier alpha value is -2.02.